The van der Waals surface area contributed by atoms with Gasteiger partial charge in [-0.25, -0.2) is 9.37 Å². The van der Waals surface area contributed by atoms with E-state index in [0.29, 0.717) is 21.1 Å². The number of nitrogens with zero attached hydrogens (tertiary/aromatic N) is 2. The molecule has 0 N–H and O–H groups in total. The molecule has 2 rings (SSSR count). The van der Waals surface area contributed by atoms with Crippen LogP contribution in [-0.4, -0.2) is 26.9 Å². The van der Waals surface area contributed by atoms with Gasteiger partial charge >= 0.3 is 0 Å². The number of aromatic nitrogens is 2. The summed E-state index contributed by atoms with van der Waals surface area (Å²) in [4.78, 5) is 4.59. The fourth-order valence-electron chi connectivity index (χ4n) is 1.98. The predicted octanol–water partition coefficient (Wildman–Crippen LogP) is 4.31. The van der Waals surface area contributed by atoms with Crippen molar-refractivity contribution in [3.8, 4) is 0 Å². The zero-order valence-corrected chi connectivity index (χ0v) is 14.5. The number of halogens is 3. The van der Waals surface area contributed by atoms with Gasteiger partial charge in [-0.2, -0.15) is 11.8 Å². The number of aryl methyl sites for hydroxylation is 1. The number of rotatable bonds is 5. The third kappa shape index (κ3) is 3.36. The van der Waals surface area contributed by atoms with Crippen molar-refractivity contribution in [1.82, 2.24) is 9.55 Å². The molecule has 2 aromatic rings. The summed E-state index contributed by atoms with van der Waals surface area (Å²) in [5, 5.41) is 0.453. The van der Waals surface area contributed by atoms with Gasteiger partial charge in [0.15, 0.2) is 0 Å². The van der Waals surface area contributed by atoms with E-state index in [0.717, 1.165) is 23.4 Å². The molecular formula is C13H15ClFIN2S. The van der Waals surface area contributed by atoms with Crippen LogP contribution in [0, 0.1) is 9.39 Å². The second-order valence-corrected chi connectivity index (χ2v) is 7.20. The Bertz CT molecular complexity index is 588. The van der Waals surface area contributed by atoms with Crippen LogP contribution in [-0.2, 0) is 13.0 Å². The van der Waals surface area contributed by atoms with Crippen LogP contribution in [0.3, 0.4) is 0 Å². The summed E-state index contributed by atoms with van der Waals surface area (Å²) in [7, 11) is 0. The molecule has 1 atom stereocenters. The number of benzene rings is 1. The zero-order valence-electron chi connectivity index (χ0n) is 10.8. The maximum Gasteiger partial charge on any atom is 0.138 e. The smallest absolute Gasteiger partial charge is 0.138 e. The lowest BCUT2D eigenvalue weighted by molar-refractivity contribution is 0.619. The lowest BCUT2D eigenvalue weighted by Crippen LogP contribution is -2.12. The van der Waals surface area contributed by atoms with Crippen LogP contribution in [0.5, 0.6) is 0 Å². The highest BCUT2D eigenvalue weighted by atomic mass is 127. The molecule has 2 nitrogen and oxygen atoms in total. The second kappa shape index (κ2) is 6.63. The van der Waals surface area contributed by atoms with Crippen molar-refractivity contribution in [2.45, 2.75) is 25.1 Å². The average Bonchev–Trinajstić information content (AvgIpc) is 2.68. The molecule has 0 saturated carbocycles. The lowest BCUT2D eigenvalue weighted by Gasteiger charge is -2.13. The Hall–Kier alpha value is -0.0100. The van der Waals surface area contributed by atoms with Gasteiger partial charge < -0.3 is 4.57 Å². The first-order chi connectivity index (χ1) is 9.06. The van der Waals surface area contributed by atoms with Crippen LogP contribution < -0.4 is 0 Å². The van der Waals surface area contributed by atoms with Crippen LogP contribution in [0.1, 0.15) is 12.7 Å². The molecule has 0 aliphatic heterocycles. The molecule has 0 saturated heterocycles. The maximum absolute atomic E-state index is 13.8. The molecule has 0 fully saturated rings. The van der Waals surface area contributed by atoms with Gasteiger partial charge in [-0.1, -0.05) is 6.92 Å². The highest BCUT2D eigenvalue weighted by molar-refractivity contribution is 14.1. The molecule has 1 aromatic carbocycles. The van der Waals surface area contributed by atoms with Crippen LogP contribution in [0.4, 0.5) is 4.39 Å². The highest BCUT2D eigenvalue weighted by Crippen LogP contribution is 2.24. The first kappa shape index (κ1) is 15.4. The molecule has 6 heteroatoms. The van der Waals surface area contributed by atoms with Gasteiger partial charge in [0.05, 0.1) is 14.6 Å². The molecule has 0 bridgehead atoms. The van der Waals surface area contributed by atoms with Crippen molar-refractivity contribution in [2.24, 2.45) is 0 Å². The Balaban J connectivity index is 2.55. The summed E-state index contributed by atoms with van der Waals surface area (Å²) in [6, 6.07) is 3.37. The normalized spacial score (nSPS) is 13.1. The molecule has 1 unspecified atom stereocenters. The van der Waals surface area contributed by atoms with E-state index in [1.807, 2.05) is 22.6 Å². The van der Waals surface area contributed by atoms with Crippen molar-refractivity contribution in [3.63, 3.8) is 0 Å². The molecular weight excluding hydrogens is 398 g/mol. The van der Waals surface area contributed by atoms with Gasteiger partial charge in [0.1, 0.15) is 11.6 Å². The Kier molecular flexibility index (Phi) is 5.37. The number of fused-ring (bicyclic) bond motifs is 1. The summed E-state index contributed by atoms with van der Waals surface area (Å²) >= 11 is 9.62. The summed E-state index contributed by atoms with van der Waals surface area (Å²) < 4.78 is 16.5. The molecule has 0 amide bonds. The van der Waals surface area contributed by atoms with Gasteiger partial charge in [0.25, 0.3) is 0 Å². The van der Waals surface area contributed by atoms with E-state index in [1.54, 1.807) is 23.9 Å². The van der Waals surface area contributed by atoms with Gasteiger partial charge in [-0.15, -0.1) is 11.6 Å². The second-order valence-electron chi connectivity index (χ2n) is 4.38. The van der Waals surface area contributed by atoms with Crippen LogP contribution in [0.25, 0.3) is 11.0 Å². The lowest BCUT2D eigenvalue weighted by atomic mass is 10.3. The van der Waals surface area contributed by atoms with Crippen molar-refractivity contribution < 1.29 is 4.39 Å². The minimum atomic E-state index is -0.191. The average molecular weight is 413 g/mol. The molecule has 0 radical (unpaired) electrons. The molecule has 1 aromatic heterocycles. The van der Waals surface area contributed by atoms with Gasteiger partial charge in [-0.05, 0) is 34.9 Å². The first-order valence-electron chi connectivity index (χ1n) is 5.99. The quantitative estimate of drug-likeness (QED) is 0.538. The Morgan fingerprint density at radius 2 is 2.26 bits per heavy atom. The molecule has 104 valence electrons. The van der Waals surface area contributed by atoms with Crippen LogP contribution in [0.2, 0.25) is 0 Å². The third-order valence-corrected chi connectivity index (χ3v) is 5.00. The Labute approximate surface area is 135 Å². The minimum absolute atomic E-state index is 0.191. The fraction of sp³-hybridized carbons (Fsp3) is 0.462. The summed E-state index contributed by atoms with van der Waals surface area (Å²) in [5.41, 5.74) is 1.71. The highest BCUT2D eigenvalue weighted by Gasteiger charge is 2.14. The predicted molar refractivity (Wildman–Crippen MR) is 89.8 cm³/mol. The third-order valence-electron chi connectivity index (χ3n) is 3.03. The molecule has 0 aliphatic carbocycles. The maximum atomic E-state index is 13.8. The van der Waals surface area contributed by atoms with E-state index >= 15 is 0 Å². The van der Waals surface area contributed by atoms with E-state index in [1.165, 1.54) is 0 Å². The van der Waals surface area contributed by atoms with Gasteiger partial charge in [0.2, 0.25) is 0 Å². The molecule has 1 heterocycles. The Morgan fingerprint density at radius 3 is 2.89 bits per heavy atom. The standard InChI is InChI=1S/C13H15ClFIN2S/c1-8(19-2)7-18-12-5-9(15)10(16)6-11(12)17-13(18)3-4-14/h5-6,8H,3-4,7H2,1-2H3. The molecule has 0 aliphatic rings. The van der Waals surface area contributed by atoms with E-state index in [9.17, 15) is 4.39 Å². The zero-order chi connectivity index (χ0) is 14.0. The van der Waals surface area contributed by atoms with E-state index in [4.69, 9.17) is 11.6 Å². The van der Waals surface area contributed by atoms with E-state index < -0.39 is 0 Å². The van der Waals surface area contributed by atoms with Crippen molar-refractivity contribution >= 4 is 57.0 Å². The number of imidazole rings is 1. The van der Waals surface area contributed by atoms with Crippen LogP contribution in [0.15, 0.2) is 12.1 Å². The number of alkyl halides is 1. The number of thioether (sulfide) groups is 1. The SMILES string of the molecule is CSC(C)Cn1c(CCCl)nc2cc(I)c(F)cc21. The number of hydrogen-bond donors (Lipinski definition) is 0. The fourth-order valence-corrected chi connectivity index (χ4v) is 2.90. The summed E-state index contributed by atoms with van der Waals surface area (Å²) in [5.74, 6) is 1.27. The summed E-state index contributed by atoms with van der Waals surface area (Å²) in [6.07, 6.45) is 2.78. The monoisotopic (exact) mass is 412 g/mol. The minimum Gasteiger partial charge on any atom is -0.327 e. The Morgan fingerprint density at radius 1 is 1.53 bits per heavy atom. The largest absolute Gasteiger partial charge is 0.327 e. The summed E-state index contributed by atoms with van der Waals surface area (Å²) in [6.45, 7) is 2.98. The molecule has 0 spiro atoms. The van der Waals surface area contributed by atoms with E-state index in [2.05, 4.69) is 22.7 Å². The van der Waals surface area contributed by atoms with Gasteiger partial charge in [0, 0.05) is 30.2 Å². The van der Waals surface area contributed by atoms with E-state index in [-0.39, 0.29) is 5.82 Å². The van der Waals surface area contributed by atoms with Gasteiger partial charge in [-0.3, -0.25) is 0 Å². The first-order valence-corrected chi connectivity index (χ1v) is 8.89. The van der Waals surface area contributed by atoms with Crippen molar-refractivity contribution in [1.29, 1.82) is 0 Å². The number of hydrogen-bond acceptors (Lipinski definition) is 2. The van der Waals surface area contributed by atoms with Crippen molar-refractivity contribution in [3.05, 3.63) is 27.3 Å². The molecule has 19 heavy (non-hydrogen) atoms. The topological polar surface area (TPSA) is 17.8 Å². The van der Waals surface area contributed by atoms with Crippen LogP contribution >= 0.6 is 46.0 Å². The van der Waals surface area contributed by atoms with Crippen molar-refractivity contribution in [2.75, 3.05) is 12.1 Å².